The maximum Gasteiger partial charge on any atom is 0.197 e. The summed E-state index contributed by atoms with van der Waals surface area (Å²) in [6.07, 6.45) is -1.12. The highest BCUT2D eigenvalue weighted by atomic mass is 16.5. The minimum Gasteiger partial charge on any atom is -0.493 e. The predicted octanol–water partition coefficient (Wildman–Crippen LogP) is 2.55. The van der Waals surface area contributed by atoms with Gasteiger partial charge in [-0.2, -0.15) is 0 Å². The molecule has 0 bridgehead atoms. The SMILES string of the molecule is CC1(C)c2cc(OCC(O)C(O)CO)ccc2C(=O)c2c1oc1cc(OCCCCO)ccc21. The summed E-state index contributed by atoms with van der Waals surface area (Å²) in [6.45, 7) is 3.78. The molecule has 0 amide bonds. The largest absolute Gasteiger partial charge is 0.493 e. The molecule has 2 aromatic carbocycles. The molecule has 0 aliphatic heterocycles. The van der Waals surface area contributed by atoms with E-state index in [1.54, 1.807) is 24.3 Å². The molecule has 1 heterocycles. The zero-order chi connectivity index (χ0) is 24.5. The van der Waals surface area contributed by atoms with Crippen LogP contribution in [0.5, 0.6) is 11.5 Å². The number of benzene rings is 2. The van der Waals surface area contributed by atoms with Crippen LogP contribution in [0.25, 0.3) is 11.0 Å². The highest BCUT2D eigenvalue weighted by molar-refractivity contribution is 6.19. The maximum atomic E-state index is 13.4. The Bertz CT molecular complexity index is 1180. The monoisotopic (exact) mass is 470 g/mol. The van der Waals surface area contributed by atoms with Crippen LogP contribution in [0.1, 0.15) is 53.9 Å². The fraction of sp³-hybridized carbons (Fsp3) is 0.423. The van der Waals surface area contributed by atoms with E-state index >= 15 is 0 Å². The lowest BCUT2D eigenvalue weighted by atomic mass is 9.71. The number of rotatable bonds is 10. The molecule has 1 aliphatic carbocycles. The molecule has 8 heteroatoms. The smallest absolute Gasteiger partial charge is 0.197 e. The molecule has 4 rings (SSSR count). The third-order valence-electron chi connectivity index (χ3n) is 6.24. The van der Waals surface area contributed by atoms with Crippen molar-refractivity contribution in [2.75, 3.05) is 26.4 Å². The molecule has 0 radical (unpaired) electrons. The Labute approximate surface area is 197 Å². The summed E-state index contributed by atoms with van der Waals surface area (Å²) < 4.78 is 17.6. The van der Waals surface area contributed by atoms with Crippen LogP contribution in [0.3, 0.4) is 0 Å². The summed E-state index contributed by atoms with van der Waals surface area (Å²) >= 11 is 0. The first-order valence-corrected chi connectivity index (χ1v) is 11.4. The molecule has 182 valence electrons. The zero-order valence-corrected chi connectivity index (χ0v) is 19.3. The molecule has 8 nitrogen and oxygen atoms in total. The normalized spacial score (nSPS) is 16.1. The van der Waals surface area contributed by atoms with Crippen LogP contribution < -0.4 is 9.47 Å². The first kappa shape index (κ1) is 24.2. The molecular weight excluding hydrogens is 440 g/mol. The lowest BCUT2D eigenvalue weighted by Gasteiger charge is -2.31. The average Bonchev–Trinajstić information content (AvgIpc) is 3.23. The van der Waals surface area contributed by atoms with E-state index in [0.717, 1.165) is 17.4 Å². The number of aliphatic hydroxyl groups is 4. The standard InChI is InChI=1S/C26H30O8/c1-26(2)19-11-15(33-14-21(30)20(29)13-28)5-7-17(19)24(31)23-18-8-6-16(32-10-4-3-9-27)12-22(18)34-25(23)26/h5-8,11-12,20-21,27-30H,3-4,9-10,13-14H2,1-2H3. The zero-order valence-electron chi connectivity index (χ0n) is 19.3. The predicted molar refractivity (Wildman–Crippen MR) is 125 cm³/mol. The molecule has 0 fully saturated rings. The molecule has 0 spiro atoms. The third kappa shape index (κ3) is 4.42. The number of ether oxygens (including phenoxy) is 2. The topological polar surface area (TPSA) is 130 Å². The number of hydrogen-bond donors (Lipinski definition) is 4. The Hall–Kier alpha value is -2.91. The first-order valence-electron chi connectivity index (χ1n) is 11.4. The van der Waals surface area contributed by atoms with Crippen LogP contribution in [0.4, 0.5) is 0 Å². The van der Waals surface area contributed by atoms with Crippen molar-refractivity contribution >= 4 is 16.8 Å². The summed E-state index contributed by atoms with van der Waals surface area (Å²) in [5, 5.41) is 38.0. The first-order chi connectivity index (χ1) is 16.3. The summed E-state index contributed by atoms with van der Waals surface area (Å²) in [5.41, 5.74) is 1.75. The van der Waals surface area contributed by atoms with Crippen LogP contribution in [0.15, 0.2) is 40.8 Å². The van der Waals surface area contributed by atoms with Crippen LogP contribution in [0.2, 0.25) is 0 Å². The summed E-state index contributed by atoms with van der Waals surface area (Å²) in [4.78, 5) is 13.4. The minimum absolute atomic E-state index is 0.128. The second-order valence-electron chi connectivity index (χ2n) is 9.03. The van der Waals surface area contributed by atoms with E-state index in [2.05, 4.69) is 0 Å². The van der Waals surface area contributed by atoms with Gasteiger partial charge >= 0.3 is 0 Å². The van der Waals surface area contributed by atoms with Gasteiger partial charge in [0.05, 0.1) is 18.8 Å². The van der Waals surface area contributed by atoms with Crippen molar-refractivity contribution in [3.05, 3.63) is 58.8 Å². The van der Waals surface area contributed by atoms with Crippen molar-refractivity contribution in [1.29, 1.82) is 0 Å². The van der Waals surface area contributed by atoms with Gasteiger partial charge < -0.3 is 34.3 Å². The van der Waals surface area contributed by atoms with Gasteiger partial charge in [-0.1, -0.05) is 0 Å². The number of aliphatic hydroxyl groups excluding tert-OH is 4. The number of furan rings is 1. The van der Waals surface area contributed by atoms with E-state index < -0.39 is 24.2 Å². The van der Waals surface area contributed by atoms with E-state index in [9.17, 15) is 15.0 Å². The molecule has 1 aliphatic rings. The Morgan fingerprint density at radius 1 is 0.971 bits per heavy atom. The lowest BCUT2D eigenvalue weighted by molar-refractivity contribution is -0.0339. The van der Waals surface area contributed by atoms with E-state index in [1.165, 1.54) is 0 Å². The molecule has 0 saturated heterocycles. The summed E-state index contributed by atoms with van der Waals surface area (Å²) in [7, 11) is 0. The summed E-state index contributed by atoms with van der Waals surface area (Å²) in [5.74, 6) is 1.49. The van der Waals surface area contributed by atoms with Gasteiger partial charge in [0, 0.05) is 29.0 Å². The van der Waals surface area contributed by atoms with E-state index in [0.29, 0.717) is 47.0 Å². The Kier molecular flexibility index (Phi) is 6.95. The number of carbonyl (C=O) groups excluding carboxylic acids is 1. The lowest BCUT2D eigenvalue weighted by Crippen LogP contribution is -2.34. The second kappa shape index (κ2) is 9.76. The van der Waals surface area contributed by atoms with Gasteiger partial charge in [0.2, 0.25) is 0 Å². The average molecular weight is 471 g/mol. The molecule has 34 heavy (non-hydrogen) atoms. The van der Waals surface area contributed by atoms with Crippen molar-refractivity contribution < 1.29 is 39.1 Å². The third-order valence-corrected chi connectivity index (χ3v) is 6.24. The van der Waals surface area contributed by atoms with Crippen molar-refractivity contribution in [2.24, 2.45) is 0 Å². The van der Waals surface area contributed by atoms with Crippen molar-refractivity contribution in [1.82, 2.24) is 0 Å². The van der Waals surface area contributed by atoms with Crippen LogP contribution >= 0.6 is 0 Å². The van der Waals surface area contributed by atoms with E-state index in [-0.39, 0.29) is 19.0 Å². The van der Waals surface area contributed by atoms with Crippen molar-refractivity contribution in [3.8, 4) is 11.5 Å². The fourth-order valence-corrected chi connectivity index (χ4v) is 4.24. The highest BCUT2D eigenvalue weighted by Crippen LogP contribution is 2.46. The van der Waals surface area contributed by atoms with E-state index in [4.69, 9.17) is 24.1 Å². The molecule has 3 aromatic rings. The van der Waals surface area contributed by atoms with Gasteiger partial charge in [-0.15, -0.1) is 0 Å². The number of unbranched alkanes of at least 4 members (excludes halogenated alkanes) is 1. The van der Waals surface area contributed by atoms with Crippen LogP contribution in [-0.4, -0.2) is 64.8 Å². The maximum absolute atomic E-state index is 13.4. The minimum atomic E-state index is -1.29. The Morgan fingerprint density at radius 3 is 2.44 bits per heavy atom. The highest BCUT2D eigenvalue weighted by Gasteiger charge is 2.41. The molecule has 2 unspecified atom stereocenters. The Morgan fingerprint density at radius 2 is 1.71 bits per heavy atom. The van der Waals surface area contributed by atoms with Crippen LogP contribution in [0, 0.1) is 0 Å². The molecule has 1 aromatic heterocycles. The number of carbonyl (C=O) groups is 1. The fourth-order valence-electron chi connectivity index (χ4n) is 4.24. The molecule has 4 N–H and O–H groups in total. The van der Waals surface area contributed by atoms with Crippen LogP contribution in [-0.2, 0) is 5.41 Å². The van der Waals surface area contributed by atoms with Gasteiger partial charge in [-0.05, 0) is 62.6 Å². The van der Waals surface area contributed by atoms with Gasteiger partial charge in [0.1, 0.15) is 41.7 Å². The Balaban J connectivity index is 1.64. The quantitative estimate of drug-likeness (QED) is 0.333. The van der Waals surface area contributed by atoms with Crippen molar-refractivity contribution in [2.45, 2.75) is 44.3 Å². The summed E-state index contributed by atoms with van der Waals surface area (Å²) in [6, 6.07) is 10.5. The second-order valence-corrected chi connectivity index (χ2v) is 9.03. The number of ketones is 1. The van der Waals surface area contributed by atoms with Crippen molar-refractivity contribution in [3.63, 3.8) is 0 Å². The number of hydrogen-bond acceptors (Lipinski definition) is 8. The van der Waals surface area contributed by atoms with Gasteiger partial charge in [0.25, 0.3) is 0 Å². The van der Waals surface area contributed by atoms with Gasteiger partial charge in [0.15, 0.2) is 5.78 Å². The van der Waals surface area contributed by atoms with Gasteiger partial charge in [-0.3, -0.25) is 4.79 Å². The molecule has 2 atom stereocenters. The van der Waals surface area contributed by atoms with Gasteiger partial charge in [-0.25, -0.2) is 0 Å². The molecular formula is C26H30O8. The number of fused-ring (bicyclic) bond motifs is 4. The molecule has 0 saturated carbocycles. The van der Waals surface area contributed by atoms with E-state index in [1.807, 2.05) is 26.0 Å².